The number of hydrogen-bond donors (Lipinski definition) is 0. The first kappa shape index (κ1) is 16.6. The van der Waals surface area contributed by atoms with Crippen LogP contribution in [0.1, 0.15) is 15.9 Å². The van der Waals surface area contributed by atoms with Crippen molar-refractivity contribution in [2.45, 2.75) is 6.92 Å². The van der Waals surface area contributed by atoms with Crippen LogP contribution in [0.2, 0.25) is 0 Å². The first-order valence-corrected chi connectivity index (χ1v) is 7.89. The summed E-state index contributed by atoms with van der Waals surface area (Å²) in [5.74, 6) is 1.24. The van der Waals surface area contributed by atoms with Gasteiger partial charge in [-0.15, -0.1) is 0 Å². The first-order valence-electron chi connectivity index (χ1n) is 7.89. The number of likely N-dealkylation sites (N-methyl/N-ethyl adjacent to an activating group) is 1. The molecule has 0 bridgehead atoms. The zero-order valence-electron chi connectivity index (χ0n) is 14.2. The van der Waals surface area contributed by atoms with E-state index in [1.807, 2.05) is 31.2 Å². The van der Waals surface area contributed by atoms with E-state index in [1.54, 1.807) is 30.3 Å². The van der Waals surface area contributed by atoms with Crippen molar-refractivity contribution < 1.29 is 9.53 Å². The van der Waals surface area contributed by atoms with Gasteiger partial charge in [-0.3, -0.25) is 4.79 Å². The summed E-state index contributed by atoms with van der Waals surface area (Å²) in [6, 6.07) is 11.2. The van der Waals surface area contributed by atoms with Gasteiger partial charge in [0.15, 0.2) is 5.82 Å². The minimum atomic E-state index is -0.101. The van der Waals surface area contributed by atoms with Gasteiger partial charge in [-0.1, -0.05) is 17.7 Å². The van der Waals surface area contributed by atoms with Gasteiger partial charge in [-0.25, -0.2) is 14.6 Å². The van der Waals surface area contributed by atoms with Crippen molar-refractivity contribution in [1.29, 1.82) is 0 Å². The largest absolute Gasteiger partial charge is 0.492 e. The molecule has 0 fully saturated rings. The van der Waals surface area contributed by atoms with Crippen molar-refractivity contribution in [1.82, 2.24) is 24.6 Å². The molecule has 25 heavy (non-hydrogen) atoms. The maximum Gasteiger partial charge on any atom is 0.253 e. The van der Waals surface area contributed by atoms with E-state index >= 15 is 0 Å². The molecule has 2 heterocycles. The highest BCUT2D eigenvalue weighted by Gasteiger charge is 2.13. The summed E-state index contributed by atoms with van der Waals surface area (Å²) in [5.41, 5.74) is 1.72. The highest BCUT2D eigenvalue weighted by Crippen LogP contribution is 2.12. The highest BCUT2D eigenvalue weighted by molar-refractivity contribution is 5.94. The van der Waals surface area contributed by atoms with Gasteiger partial charge in [0, 0.05) is 18.8 Å². The van der Waals surface area contributed by atoms with Crippen LogP contribution in [0, 0.1) is 6.92 Å². The fourth-order valence-electron chi connectivity index (χ4n) is 2.26. The van der Waals surface area contributed by atoms with Crippen LogP contribution in [-0.4, -0.2) is 50.8 Å². The molecule has 0 unspecified atom stereocenters. The van der Waals surface area contributed by atoms with Crippen molar-refractivity contribution in [3.05, 3.63) is 66.4 Å². The molecule has 0 saturated carbocycles. The average molecular weight is 337 g/mol. The Kier molecular flexibility index (Phi) is 5.03. The molecule has 1 amide bonds. The van der Waals surface area contributed by atoms with E-state index in [2.05, 4.69) is 15.1 Å². The lowest BCUT2D eigenvalue weighted by Crippen LogP contribution is -2.31. The van der Waals surface area contributed by atoms with Crippen LogP contribution in [0.15, 0.2) is 55.2 Å². The Hall–Kier alpha value is -3.22. The van der Waals surface area contributed by atoms with Crippen LogP contribution in [0.5, 0.6) is 5.75 Å². The van der Waals surface area contributed by atoms with Gasteiger partial charge in [0.1, 0.15) is 25.0 Å². The lowest BCUT2D eigenvalue weighted by atomic mass is 10.2. The molecule has 3 rings (SSSR count). The van der Waals surface area contributed by atoms with Crippen molar-refractivity contribution in [2.24, 2.45) is 0 Å². The standard InChI is InChI=1S/C18H19N5O2/c1-14-3-5-16(6-4-14)25-10-9-22(2)18(24)15-7-8-20-17(11-15)23-13-19-12-21-23/h3-8,11-13H,9-10H2,1-2H3. The lowest BCUT2D eigenvalue weighted by Gasteiger charge is -2.18. The van der Waals surface area contributed by atoms with Gasteiger partial charge < -0.3 is 9.64 Å². The summed E-state index contributed by atoms with van der Waals surface area (Å²) in [4.78, 5) is 22.3. The molecule has 128 valence electrons. The summed E-state index contributed by atoms with van der Waals surface area (Å²) in [5, 5.41) is 4.02. The Morgan fingerprint density at radius 3 is 2.76 bits per heavy atom. The number of carbonyl (C=O) groups is 1. The fourth-order valence-corrected chi connectivity index (χ4v) is 2.26. The Labute approximate surface area is 145 Å². The number of nitrogens with zero attached hydrogens (tertiary/aromatic N) is 5. The maximum absolute atomic E-state index is 12.6. The Morgan fingerprint density at radius 2 is 2.04 bits per heavy atom. The molecule has 1 aromatic carbocycles. The van der Waals surface area contributed by atoms with Crippen molar-refractivity contribution in [2.75, 3.05) is 20.2 Å². The number of hydrogen-bond acceptors (Lipinski definition) is 5. The molecule has 3 aromatic rings. The monoisotopic (exact) mass is 337 g/mol. The molecule has 0 aliphatic carbocycles. The van der Waals surface area contributed by atoms with E-state index in [0.29, 0.717) is 24.5 Å². The van der Waals surface area contributed by atoms with Crippen molar-refractivity contribution >= 4 is 5.91 Å². The Balaban J connectivity index is 1.58. The summed E-state index contributed by atoms with van der Waals surface area (Å²) < 4.78 is 7.18. The number of rotatable bonds is 6. The second-order valence-corrected chi connectivity index (χ2v) is 5.63. The predicted octanol–water partition coefficient (Wildman–Crippen LogP) is 2.12. The number of pyridine rings is 1. The van der Waals surface area contributed by atoms with Crippen LogP contribution < -0.4 is 4.74 Å². The van der Waals surface area contributed by atoms with E-state index in [0.717, 1.165) is 5.75 Å². The van der Waals surface area contributed by atoms with E-state index < -0.39 is 0 Å². The number of ether oxygens (including phenoxy) is 1. The van der Waals surface area contributed by atoms with Gasteiger partial charge in [-0.05, 0) is 31.2 Å². The summed E-state index contributed by atoms with van der Waals surface area (Å²) in [6.45, 7) is 2.93. The minimum absolute atomic E-state index is 0.101. The molecule has 7 heteroatoms. The molecule has 7 nitrogen and oxygen atoms in total. The first-order chi connectivity index (χ1) is 12.1. The molecule has 0 radical (unpaired) electrons. The summed E-state index contributed by atoms with van der Waals surface area (Å²) in [7, 11) is 1.75. The minimum Gasteiger partial charge on any atom is -0.492 e. The van der Waals surface area contributed by atoms with Crippen LogP contribution in [0.3, 0.4) is 0 Å². The molecule has 0 atom stereocenters. The third kappa shape index (κ3) is 4.20. The van der Waals surface area contributed by atoms with E-state index in [-0.39, 0.29) is 5.91 Å². The average Bonchev–Trinajstić information content (AvgIpc) is 3.17. The zero-order chi connectivity index (χ0) is 17.6. The second-order valence-electron chi connectivity index (χ2n) is 5.63. The van der Waals surface area contributed by atoms with Crippen LogP contribution in [0.25, 0.3) is 5.82 Å². The number of carbonyl (C=O) groups excluding carboxylic acids is 1. The molecule has 0 saturated heterocycles. The Bertz CT molecular complexity index is 831. The van der Waals surface area contributed by atoms with Gasteiger partial charge in [0.2, 0.25) is 0 Å². The van der Waals surface area contributed by atoms with Gasteiger partial charge in [-0.2, -0.15) is 5.10 Å². The molecule has 2 aromatic heterocycles. The van der Waals surface area contributed by atoms with Crippen molar-refractivity contribution in [3.8, 4) is 11.6 Å². The quantitative estimate of drug-likeness (QED) is 0.689. The molecule has 0 aliphatic heterocycles. The summed E-state index contributed by atoms with van der Waals surface area (Å²) >= 11 is 0. The molecule has 0 spiro atoms. The predicted molar refractivity (Wildman–Crippen MR) is 92.8 cm³/mol. The summed E-state index contributed by atoms with van der Waals surface area (Å²) in [6.07, 6.45) is 4.54. The smallest absolute Gasteiger partial charge is 0.253 e. The van der Waals surface area contributed by atoms with E-state index in [9.17, 15) is 4.79 Å². The third-order valence-electron chi connectivity index (χ3n) is 3.71. The van der Waals surface area contributed by atoms with Crippen LogP contribution in [0.4, 0.5) is 0 Å². The third-order valence-corrected chi connectivity index (χ3v) is 3.71. The molecule has 0 N–H and O–H groups in total. The van der Waals surface area contributed by atoms with Crippen LogP contribution in [-0.2, 0) is 0 Å². The maximum atomic E-state index is 12.6. The number of aromatic nitrogens is 4. The molecular formula is C18H19N5O2. The van der Waals surface area contributed by atoms with Crippen molar-refractivity contribution in [3.63, 3.8) is 0 Å². The normalized spacial score (nSPS) is 10.5. The van der Waals surface area contributed by atoms with E-state index in [4.69, 9.17) is 4.74 Å². The molecular weight excluding hydrogens is 318 g/mol. The lowest BCUT2D eigenvalue weighted by molar-refractivity contribution is 0.0773. The number of amides is 1. The second kappa shape index (κ2) is 7.57. The number of aryl methyl sites for hydroxylation is 1. The van der Waals surface area contributed by atoms with Crippen LogP contribution >= 0.6 is 0 Å². The fraction of sp³-hybridized carbons (Fsp3) is 0.222. The zero-order valence-corrected chi connectivity index (χ0v) is 14.2. The van der Waals surface area contributed by atoms with E-state index in [1.165, 1.54) is 22.9 Å². The topological polar surface area (TPSA) is 73.1 Å². The van der Waals surface area contributed by atoms with Gasteiger partial charge in [0.25, 0.3) is 5.91 Å². The SMILES string of the molecule is Cc1ccc(OCCN(C)C(=O)c2ccnc(-n3cncn3)c2)cc1. The Morgan fingerprint density at radius 1 is 1.24 bits per heavy atom. The highest BCUT2D eigenvalue weighted by atomic mass is 16.5. The van der Waals surface area contributed by atoms with Gasteiger partial charge >= 0.3 is 0 Å². The van der Waals surface area contributed by atoms with Gasteiger partial charge in [0.05, 0.1) is 6.54 Å². The molecule has 0 aliphatic rings. The number of benzene rings is 1.